The molecule has 0 aliphatic heterocycles. The van der Waals surface area contributed by atoms with E-state index in [4.69, 9.17) is 23.2 Å². The molecule has 2 rings (SSSR count). The van der Waals surface area contributed by atoms with Gasteiger partial charge in [-0.05, 0) is 32.6 Å². The zero-order valence-corrected chi connectivity index (χ0v) is 11.5. The van der Waals surface area contributed by atoms with Crippen LogP contribution in [0.5, 0.6) is 0 Å². The summed E-state index contributed by atoms with van der Waals surface area (Å²) in [6.45, 7) is 2.00. The van der Waals surface area contributed by atoms with Crippen LogP contribution in [0, 0.1) is 0 Å². The Morgan fingerprint density at radius 2 is 1.94 bits per heavy atom. The molecule has 0 unspecified atom stereocenters. The molecule has 94 valence electrons. The van der Waals surface area contributed by atoms with Gasteiger partial charge in [-0.1, -0.05) is 0 Å². The van der Waals surface area contributed by atoms with E-state index in [1.54, 1.807) is 6.33 Å². The number of halogens is 2. The predicted octanol–water partition coefficient (Wildman–Crippen LogP) is 3.00. The number of fused-ring (bicyclic) bond motifs is 1. The van der Waals surface area contributed by atoms with Crippen LogP contribution >= 0.6 is 23.2 Å². The van der Waals surface area contributed by atoms with Crippen LogP contribution < -0.4 is 5.32 Å². The number of anilines is 1. The molecule has 0 spiro atoms. The molecule has 1 heterocycles. The largest absolute Gasteiger partial charge is 0.362 e. The zero-order chi connectivity index (χ0) is 12.3. The highest BCUT2D eigenvalue weighted by Gasteiger charge is 2.25. The quantitative estimate of drug-likeness (QED) is 0.858. The number of hydrogen-bond acceptors (Lipinski definition) is 3. The van der Waals surface area contributed by atoms with Crippen molar-refractivity contribution < 1.29 is 0 Å². The average Bonchev–Trinajstić information content (AvgIpc) is 2.39. The van der Waals surface area contributed by atoms with Gasteiger partial charge in [0.25, 0.3) is 0 Å². The van der Waals surface area contributed by atoms with Crippen LogP contribution in [-0.2, 0) is 12.8 Å². The first kappa shape index (κ1) is 12.9. The Morgan fingerprint density at radius 3 is 2.65 bits per heavy atom. The molecule has 0 radical (unpaired) electrons. The van der Waals surface area contributed by atoms with Crippen LogP contribution in [0.15, 0.2) is 6.33 Å². The van der Waals surface area contributed by atoms with Gasteiger partial charge in [-0.3, -0.25) is 0 Å². The maximum absolute atomic E-state index is 5.95. The molecule has 3 nitrogen and oxygen atoms in total. The lowest BCUT2D eigenvalue weighted by molar-refractivity contribution is 0.628. The highest BCUT2D eigenvalue weighted by Crippen LogP contribution is 2.27. The molecule has 1 aromatic rings. The number of rotatable bonds is 4. The third-order valence-corrected chi connectivity index (χ3v) is 4.31. The minimum atomic E-state index is -0.317. The lowest BCUT2D eigenvalue weighted by atomic mass is 9.96. The predicted molar refractivity (Wildman–Crippen MR) is 72.1 cm³/mol. The summed E-state index contributed by atoms with van der Waals surface area (Å²) in [7, 11) is 0. The standard InChI is InChI=1S/C12H17Cl2N3/c1-12(6-13,7-14)17-11-9-4-2-3-5-10(9)15-8-16-11/h8H,2-7H2,1H3,(H,15,16,17). The van der Waals surface area contributed by atoms with Gasteiger partial charge >= 0.3 is 0 Å². The third-order valence-electron chi connectivity index (χ3n) is 3.14. The maximum atomic E-state index is 5.95. The van der Waals surface area contributed by atoms with E-state index in [-0.39, 0.29) is 5.54 Å². The maximum Gasteiger partial charge on any atom is 0.133 e. The van der Waals surface area contributed by atoms with E-state index in [9.17, 15) is 0 Å². The number of aromatic nitrogens is 2. The molecule has 0 amide bonds. The van der Waals surface area contributed by atoms with E-state index < -0.39 is 0 Å². The van der Waals surface area contributed by atoms with Crippen molar-refractivity contribution in [2.75, 3.05) is 17.1 Å². The summed E-state index contributed by atoms with van der Waals surface area (Å²) in [4.78, 5) is 8.68. The molecule has 0 fully saturated rings. The fourth-order valence-corrected chi connectivity index (χ4v) is 2.44. The SMILES string of the molecule is CC(CCl)(CCl)Nc1ncnc2c1CCCC2. The first-order valence-corrected chi connectivity index (χ1v) is 6.98. The molecule has 17 heavy (non-hydrogen) atoms. The Morgan fingerprint density at radius 1 is 1.24 bits per heavy atom. The molecule has 0 bridgehead atoms. The Balaban J connectivity index is 2.27. The van der Waals surface area contributed by atoms with Crippen molar-refractivity contribution >= 4 is 29.0 Å². The van der Waals surface area contributed by atoms with E-state index in [0.717, 1.165) is 18.7 Å². The lowest BCUT2D eigenvalue weighted by Crippen LogP contribution is -2.39. The van der Waals surface area contributed by atoms with Crippen molar-refractivity contribution in [3.63, 3.8) is 0 Å². The highest BCUT2D eigenvalue weighted by atomic mass is 35.5. The first-order chi connectivity index (χ1) is 8.18. The van der Waals surface area contributed by atoms with E-state index in [1.165, 1.54) is 24.1 Å². The summed E-state index contributed by atoms with van der Waals surface area (Å²) in [5.74, 6) is 1.81. The molecule has 0 saturated carbocycles. The number of nitrogens with zero attached hydrogens (tertiary/aromatic N) is 2. The van der Waals surface area contributed by atoms with E-state index >= 15 is 0 Å². The van der Waals surface area contributed by atoms with E-state index in [1.807, 2.05) is 6.92 Å². The number of hydrogen-bond donors (Lipinski definition) is 1. The third kappa shape index (κ3) is 2.83. The van der Waals surface area contributed by atoms with Gasteiger partial charge in [-0.25, -0.2) is 9.97 Å². The van der Waals surface area contributed by atoms with Crippen LogP contribution in [0.2, 0.25) is 0 Å². The molecule has 5 heteroatoms. The second kappa shape index (κ2) is 5.40. The fourth-order valence-electron chi connectivity index (χ4n) is 2.02. The summed E-state index contributed by atoms with van der Waals surface area (Å²) < 4.78 is 0. The highest BCUT2D eigenvalue weighted by molar-refractivity contribution is 6.22. The number of aryl methyl sites for hydroxylation is 1. The van der Waals surface area contributed by atoms with Crippen molar-refractivity contribution in [1.82, 2.24) is 9.97 Å². The second-order valence-electron chi connectivity index (χ2n) is 4.81. The van der Waals surface area contributed by atoms with Crippen LogP contribution in [0.1, 0.15) is 31.0 Å². The summed E-state index contributed by atoms with van der Waals surface area (Å²) in [5.41, 5.74) is 2.09. The van der Waals surface area contributed by atoms with Gasteiger partial charge in [0, 0.05) is 23.0 Å². The van der Waals surface area contributed by atoms with Crippen molar-refractivity contribution in [1.29, 1.82) is 0 Å². The molecule has 1 aromatic heterocycles. The average molecular weight is 274 g/mol. The summed E-state index contributed by atoms with van der Waals surface area (Å²) in [6.07, 6.45) is 6.12. The van der Waals surface area contributed by atoms with Gasteiger partial charge in [0.05, 0.1) is 5.54 Å². The molecule has 1 N–H and O–H groups in total. The molecular weight excluding hydrogens is 257 g/mol. The fraction of sp³-hybridized carbons (Fsp3) is 0.667. The number of nitrogens with one attached hydrogen (secondary N) is 1. The van der Waals surface area contributed by atoms with Crippen molar-refractivity contribution in [3.8, 4) is 0 Å². The topological polar surface area (TPSA) is 37.8 Å². The summed E-state index contributed by atoms with van der Waals surface area (Å²) in [6, 6.07) is 0. The van der Waals surface area contributed by atoms with Gasteiger partial charge in [0.15, 0.2) is 0 Å². The van der Waals surface area contributed by atoms with Crippen molar-refractivity contribution in [2.24, 2.45) is 0 Å². The summed E-state index contributed by atoms with van der Waals surface area (Å²) >= 11 is 11.9. The number of alkyl halides is 2. The normalized spacial score (nSPS) is 15.5. The molecule has 0 atom stereocenters. The Bertz CT molecular complexity index is 391. The van der Waals surface area contributed by atoms with Crippen LogP contribution in [-0.4, -0.2) is 27.3 Å². The monoisotopic (exact) mass is 273 g/mol. The Kier molecular flexibility index (Phi) is 4.10. The Labute approximate surface area is 112 Å². The van der Waals surface area contributed by atoms with E-state index in [0.29, 0.717) is 11.8 Å². The minimum Gasteiger partial charge on any atom is -0.362 e. The van der Waals surface area contributed by atoms with Gasteiger partial charge in [-0.2, -0.15) is 0 Å². The smallest absolute Gasteiger partial charge is 0.133 e. The second-order valence-corrected chi connectivity index (χ2v) is 5.34. The van der Waals surface area contributed by atoms with Gasteiger partial charge < -0.3 is 5.32 Å². The van der Waals surface area contributed by atoms with Crippen LogP contribution in [0.4, 0.5) is 5.82 Å². The van der Waals surface area contributed by atoms with Crippen molar-refractivity contribution in [3.05, 3.63) is 17.6 Å². The van der Waals surface area contributed by atoms with Crippen molar-refractivity contribution in [2.45, 2.75) is 38.1 Å². The van der Waals surface area contributed by atoms with Crippen LogP contribution in [0.25, 0.3) is 0 Å². The lowest BCUT2D eigenvalue weighted by Gasteiger charge is -2.29. The molecule has 0 saturated heterocycles. The van der Waals surface area contributed by atoms with Gasteiger partial charge in [-0.15, -0.1) is 23.2 Å². The first-order valence-electron chi connectivity index (χ1n) is 5.91. The molecule has 1 aliphatic carbocycles. The van der Waals surface area contributed by atoms with Gasteiger partial charge in [0.2, 0.25) is 0 Å². The van der Waals surface area contributed by atoms with Gasteiger partial charge in [0.1, 0.15) is 12.1 Å². The molecule has 0 aromatic carbocycles. The van der Waals surface area contributed by atoms with Crippen LogP contribution in [0.3, 0.4) is 0 Å². The van der Waals surface area contributed by atoms with E-state index in [2.05, 4.69) is 15.3 Å². The molecular formula is C12H17Cl2N3. The minimum absolute atomic E-state index is 0.317. The summed E-state index contributed by atoms with van der Waals surface area (Å²) in [5, 5.41) is 3.37. The Hall–Kier alpha value is -0.540. The zero-order valence-electron chi connectivity index (χ0n) is 9.97. The molecule has 1 aliphatic rings.